The predicted octanol–water partition coefficient (Wildman–Crippen LogP) is 5.48. The summed E-state index contributed by atoms with van der Waals surface area (Å²) in [6, 6.07) is 5.51. The topological polar surface area (TPSA) is 103 Å². The van der Waals surface area contributed by atoms with Gasteiger partial charge in [0.2, 0.25) is 5.13 Å². The maximum atomic E-state index is 12.2. The fraction of sp³-hybridized carbons (Fsp3) is 0.529. The van der Waals surface area contributed by atoms with Gasteiger partial charge < -0.3 is 9.45 Å². The van der Waals surface area contributed by atoms with Crippen molar-refractivity contribution in [2.75, 3.05) is 23.7 Å². The molecule has 0 aliphatic carbocycles. The van der Waals surface area contributed by atoms with E-state index in [0.717, 1.165) is 43.2 Å². The van der Waals surface area contributed by atoms with Crippen LogP contribution in [0.25, 0.3) is 0 Å². The molecule has 0 saturated heterocycles. The van der Waals surface area contributed by atoms with Crippen molar-refractivity contribution >= 4 is 43.7 Å². The van der Waals surface area contributed by atoms with Crippen molar-refractivity contribution in [1.29, 1.82) is 0 Å². The van der Waals surface area contributed by atoms with Crippen molar-refractivity contribution in [3.63, 3.8) is 0 Å². The molecule has 1 N–H and O–H groups in total. The maximum absolute atomic E-state index is 12.2. The highest BCUT2D eigenvalue weighted by atomic mass is 32.2. The molecule has 0 aliphatic heterocycles. The normalized spacial score (nSPS) is 13.7. The first-order valence-corrected chi connectivity index (χ1v) is 11.4. The third kappa shape index (κ3) is 6.33. The first-order chi connectivity index (χ1) is 12.9. The van der Waals surface area contributed by atoms with Crippen molar-refractivity contribution in [2.24, 2.45) is 14.6 Å². The zero-order valence-corrected chi connectivity index (χ0v) is 17.8. The van der Waals surface area contributed by atoms with E-state index in [1.165, 1.54) is 0 Å². The van der Waals surface area contributed by atoms with Gasteiger partial charge in [-0.15, -0.1) is 10.2 Å². The predicted molar refractivity (Wildman–Crippen MR) is 111 cm³/mol. The highest BCUT2D eigenvalue weighted by Gasteiger charge is 2.11. The number of aromatic nitrogens is 2. The number of benzene rings is 1. The molecule has 1 atom stereocenters. The summed E-state index contributed by atoms with van der Waals surface area (Å²) in [4.78, 5) is 6.38. The van der Waals surface area contributed by atoms with E-state index in [9.17, 15) is 8.76 Å². The zero-order chi connectivity index (χ0) is 19.9. The zero-order valence-electron chi connectivity index (χ0n) is 16.1. The van der Waals surface area contributed by atoms with Gasteiger partial charge >= 0.3 is 0 Å². The minimum atomic E-state index is -3.31. The lowest BCUT2D eigenvalue weighted by molar-refractivity contribution is 0.553. The lowest BCUT2D eigenvalue weighted by Crippen LogP contribution is -2.24. The van der Waals surface area contributed by atoms with Gasteiger partial charge in [0.25, 0.3) is 0 Å². The maximum Gasteiger partial charge on any atom is 0.249 e. The van der Waals surface area contributed by atoms with Crippen LogP contribution in [-0.2, 0) is 10.0 Å². The largest absolute Gasteiger partial charge is 0.371 e. The van der Waals surface area contributed by atoms with Gasteiger partial charge in [-0.25, -0.2) is 9.19 Å². The summed E-state index contributed by atoms with van der Waals surface area (Å²) >= 11 is 1.15. The van der Waals surface area contributed by atoms with E-state index in [4.69, 9.17) is 0 Å². The fourth-order valence-corrected chi connectivity index (χ4v) is 3.51. The van der Waals surface area contributed by atoms with Gasteiger partial charge in [0.1, 0.15) is 17.2 Å². The van der Waals surface area contributed by atoms with Crippen molar-refractivity contribution in [1.82, 2.24) is 9.36 Å². The molecule has 2 aromatic rings. The van der Waals surface area contributed by atoms with Crippen LogP contribution in [-0.4, -0.2) is 37.0 Å². The van der Waals surface area contributed by atoms with Gasteiger partial charge in [0, 0.05) is 30.3 Å². The number of azo groups is 1. The summed E-state index contributed by atoms with van der Waals surface area (Å²) in [5.74, 6) is 0.671. The van der Waals surface area contributed by atoms with Crippen molar-refractivity contribution < 1.29 is 8.76 Å². The van der Waals surface area contributed by atoms with Gasteiger partial charge in [-0.05, 0) is 38.0 Å². The number of hydrogen-bond donors (Lipinski definition) is 1. The number of nitrogens with zero attached hydrogens (tertiary/aromatic N) is 6. The van der Waals surface area contributed by atoms with Crippen LogP contribution in [0.1, 0.15) is 39.4 Å². The first-order valence-electron chi connectivity index (χ1n) is 8.96. The number of anilines is 1. The molecule has 0 fully saturated rings. The monoisotopic (exact) mass is 410 g/mol. The third-order valence-corrected chi connectivity index (χ3v) is 5.61. The van der Waals surface area contributed by atoms with Crippen LogP contribution in [0.15, 0.2) is 32.8 Å². The van der Waals surface area contributed by atoms with Crippen molar-refractivity contribution in [2.45, 2.75) is 40.5 Å². The molecule has 1 heterocycles. The Morgan fingerprint density at radius 2 is 1.85 bits per heavy atom. The van der Waals surface area contributed by atoms with Crippen LogP contribution in [0.3, 0.4) is 0 Å². The average molecular weight is 411 g/mol. The molecule has 148 valence electrons. The van der Waals surface area contributed by atoms with Crippen LogP contribution >= 0.6 is 11.5 Å². The molecule has 1 aromatic heterocycles. The Hall–Kier alpha value is -1.91. The molecule has 10 heteroatoms. The molecule has 1 aromatic carbocycles. The van der Waals surface area contributed by atoms with Gasteiger partial charge in [0.05, 0.1) is 5.75 Å². The molecule has 1 unspecified atom stereocenters. The summed E-state index contributed by atoms with van der Waals surface area (Å²) in [7, 11) is -3.31. The third-order valence-electron chi connectivity index (χ3n) is 3.69. The standard InChI is InChI=1S/C17H26N6O2S2/c1-5-10-23(11-6-2)14-8-9-15(16(12-14)22-27(24,25)7-3)19-20-17-18-13(4)21-26-17/h8-9,12H,5-7,10-11H2,1-4H3,(H,22,24,25). The van der Waals surface area contributed by atoms with Crippen LogP contribution in [0.4, 0.5) is 22.2 Å². The number of hydrogen-bond acceptors (Lipinski definition) is 8. The molecule has 2 rings (SSSR count). The van der Waals surface area contributed by atoms with Crippen LogP contribution in [0, 0.1) is 6.92 Å². The van der Waals surface area contributed by atoms with Gasteiger partial charge in [0.15, 0.2) is 10.0 Å². The quantitative estimate of drug-likeness (QED) is 0.551. The lowest BCUT2D eigenvalue weighted by Gasteiger charge is -2.24. The van der Waals surface area contributed by atoms with Gasteiger partial charge in [-0.2, -0.15) is 8.74 Å². The van der Waals surface area contributed by atoms with Crippen LogP contribution in [0.2, 0.25) is 0 Å². The van der Waals surface area contributed by atoms with E-state index in [2.05, 4.69) is 42.7 Å². The summed E-state index contributed by atoms with van der Waals surface area (Å²) in [5.41, 5.74) is 1.73. The van der Waals surface area contributed by atoms with E-state index in [1.807, 2.05) is 6.07 Å². The van der Waals surface area contributed by atoms with E-state index in [1.54, 1.807) is 26.0 Å². The second kappa shape index (κ2) is 9.86. The van der Waals surface area contributed by atoms with E-state index in [-0.39, 0.29) is 5.75 Å². The molecular formula is C17H26N6O2S2. The smallest absolute Gasteiger partial charge is 0.249 e. The number of rotatable bonds is 9. The minimum absolute atomic E-state index is 0.0387. The Morgan fingerprint density at radius 3 is 2.41 bits per heavy atom. The van der Waals surface area contributed by atoms with Crippen LogP contribution in [0.5, 0.6) is 0 Å². The molecule has 0 radical (unpaired) electrons. The minimum Gasteiger partial charge on any atom is -0.371 e. The van der Waals surface area contributed by atoms with Crippen molar-refractivity contribution in [3.05, 3.63) is 24.0 Å². The highest BCUT2D eigenvalue weighted by molar-refractivity contribution is 7.88. The lowest BCUT2D eigenvalue weighted by atomic mass is 10.2. The summed E-state index contributed by atoms with van der Waals surface area (Å²) in [6.45, 7) is 9.46. The molecule has 27 heavy (non-hydrogen) atoms. The SMILES string of the molecule is CCCN(CCC)c1ccc(N=Nc2nc(C)ns2)c(N=S(=O)(O)CC)c1. The fourth-order valence-electron chi connectivity index (χ4n) is 2.42. The summed E-state index contributed by atoms with van der Waals surface area (Å²) < 4.78 is 30.3. The van der Waals surface area contributed by atoms with E-state index >= 15 is 0 Å². The average Bonchev–Trinajstić information content (AvgIpc) is 3.05. The van der Waals surface area contributed by atoms with E-state index < -0.39 is 10.0 Å². The number of aryl methyl sites for hydroxylation is 1. The Kier molecular flexibility index (Phi) is 7.81. The molecule has 8 nitrogen and oxygen atoms in total. The van der Waals surface area contributed by atoms with Crippen molar-refractivity contribution in [3.8, 4) is 0 Å². The second-order valence-electron chi connectivity index (χ2n) is 5.97. The molecule has 0 amide bonds. The Morgan fingerprint density at radius 1 is 1.15 bits per heavy atom. The highest BCUT2D eigenvalue weighted by Crippen LogP contribution is 2.35. The van der Waals surface area contributed by atoms with Gasteiger partial charge in [-0.1, -0.05) is 20.8 Å². The molecule has 0 bridgehead atoms. The Labute approximate surface area is 164 Å². The second-order valence-corrected chi connectivity index (χ2v) is 8.67. The molecule has 0 aliphatic rings. The molecule has 0 spiro atoms. The van der Waals surface area contributed by atoms with E-state index in [0.29, 0.717) is 22.3 Å². The summed E-state index contributed by atoms with van der Waals surface area (Å²) in [5, 5.41) is 8.70. The Bertz CT molecular complexity index is 897. The summed E-state index contributed by atoms with van der Waals surface area (Å²) in [6.07, 6.45) is 2.02. The molecular weight excluding hydrogens is 384 g/mol. The first kappa shape index (κ1) is 21.4. The Balaban J connectivity index is 2.47. The molecule has 0 saturated carbocycles. The van der Waals surface area contributed by atoms with Gasteiger partial charge in [-0.3, -0.25) is 0 Å². The van der Waals surface area contributed by atoms with Crippen LogP contribution < -0.4 is 4.90 Å².